The molecule has 0 fully saturated rings. The van der Waals surface area contributed by atoms with Crippen molar-refractivity contribution in [1.29, 1.82) is 0 Å². The highest BCUT2D eigenvalue weighted by Crippen LogP contribution is 2.42. The average molecular weight is 1040 g/mol. The van der Waals surface area contributed by atoms with Crippen molar-refractivity contribution in [2.24, 2.45) is 0 Å². The number of fused-ring (bicyclic) bond motifs is 4. The molecule has 0 bridgehead atoms. The monoisotopic (exact) mass is 1040 g/mol. The van der Waals surface area contributed by atoms with Crippen molar-refractivity contribution in [1.82, 2.24) is 14.1 Å². The second-order valence-electron chi connectivity index (χ2n) is 26.6. The van der Waals surface area contributed by atoms with Crippen LogP contribution < -0.4 is 9.30 Å². The number of aromatic nitrogens is 4. The van der Waals surface area contributed by atoms with Gasteiger partial charge in [-0.05, 0) is 149 Å². The van der Waals surface area contributed by atoms with Gasteiger partial charge in [0.25, 0.3) is 6.33 Å². The smallest absolute Gasteiger partial charge is 0.269 e. The third kappa shape index (κ3) is 10.3. The van der Waals surface area contributed by atoms with Gasteiger partial charge in [0.2, 0.25) is 0 Å². The van der Waals surface area contributed by atoms with E-state index >= 15 is 0 Å². The first-order chi connectivity index (χ1) is 39.4. The zero-order valence-electron chi connectivity index (χ0n) is 53.7. The largest absolute Gasteiger partial charge is 0.458 e. The summed E-state index contributed by atoms with van der Waals surface area (Å²) in [7, 11) is 0. The summed E-state index contributed by atoms with van der Waals surface area (Å²) in [5, 5.41) is 2.24. The topological polar surface area (TPSA) is 35.9 Å². The van der Waals surface area contributed by atoms with Crippen LogP contribution in [0.1, 0.15) is 139 Å². The van der Waals surface area contributed by atoms with E-state index in [1.807, 2.05) is 36.5 Å². The van der Waals surface area contributed by atoms with Crippen LogP contribution in [0.25, 0.3) is 83.4 Å². The third-order valence-corrected chi connectivity index (χ3v) is 15.4. The minimum absolute atomic E-state index is 0.0660. The van der Waals surface area contributed by atoms with E-state index in [-0.39, 0.29) is 51.4 Å². The Morgan fingerprint density at radius 2 is 1.09 bits per heavy atom. The van der Waals surface area contributed by atoms with Gasteiger partial charge in [-0.25, -0.2) is 4.98 Å². The second-order valence-corrected chi connectivity index (χ2v) is 26.6. The van der Waals surface area contributed by atoms with E-state index in [4.69, 9.17) is 13.8 Å². The summed E-state index contributed by atoms with van der Waals surface area (Å²) in [4.78, 5) is 4.93. The van der Waals surface area contributed by atoms with Crippen LogP contribution in [0.5, 0.6) is 11.5 Å². The molecule has 79 heavy (non-hydrogen) atoms. The molecule has 0 radical (unpaired) electrons. The maximum Gasteiger partial charge on any atom is 0.269 e. The van der Waals surface area contributed by atoms with E-state index < -0.39 is 11.5 Å². The quantitative estimate of drug-likeness (QED) is 0.112. The Morgan fingerprint density at radius 3 is 1.78 bits per heavy atom. The lowest BCUT2D eigenvalue weighted by atomic mass is 9.79. The van der Waals surface area contributed by atoms with E-state index in [1.165, 1.54) is 16.7 Å². The van der Waals surface area contributed by atoms with Crippen LogP contribution in [0.2, 0.25) is 0 Å². The van der Waals surface area contributed by atoms with Gasteiger partial charge < -0.3 is 4.74 Å². The summed E-state index contributed by atoms with van der Waals surface area (Å²) in [6.45, 7) is 33.4. The summed E-state index contributed by atoms with van der Waals surface area (Å²) < 4.78 is 57.9. The molecule has 3 aromatic heterocycles. The molecule has 11 aromatic rings. The molecular weight excluding hydrogens is 961 g/mol. The van der Waals surface area contributed by atoms with Crippen molar-refractivity contribution in [2.45, 2.75) is 131 Å². The van der Waals surface area contributed by atoms with Crippen molar-refractivity contribution in [3.8, 4) is 62.1 Å². The van der Waals surface area contributed by atoms with Crippen molar-refractivity contribution >= 4 is 32.8 Å². The molecule has 0 aliphatic rings. The van der Waals surface area contributed by atoms with Gasteiger partial charge in [-0.2, -0.15) is 0 Å². The van der Waals surface area contributed by atoms with Crippen molar-refractivity contribution in [3.05, 3.63) is 222 Å². The van der Waals surface area contributed by atoms with Crippen molar-refractivity contribution in [2.75, 3.05) is 0 Å². The van der Waals surface area contributed by atoms with Crippen LogP contribution >= 0.6 is 0 Å². The molecule has 3 heterocycles. The van der Waals surface area contributed by atoms with Crippen molar-refractivity contribution in [3.63, 3.8) is 0 Å². The zero-order chi connectivity index (χ0) is 60.3. The standard InChI is InChI=1S/C74H76N4O/c1-70(2,3)53-26-21-25-50(37-53)62-40-52(48-23-17-16-18-24-48)41-63(74(13,14)15)69(62)77-47-76(67-42-49(31-34-65(67)77)51-38-55(72(7,8)9)43-56(39-51)73(10,11)12)57-27-22-28-58(45-57)79-59-32-33-61-60-29-19-20-30-64(60)78(66(61)46-59)68-44-54(35-36-75-68)71(4,5)6/h16-46H,1-15H3/i16D,17D,18D,23D,24D. The molecular formula is C74H76N4O. The Balaban J connectivity index is 1.16. The first kappa shape index (κ1) is 47.0. The Morgan fingerprint density at radius 1 is 0.456 bits per heavy atom. The van der Waals surface area contributed by atoms with E-state index in [1.54, 1.807) is 0 Å². The maximum absolute atomic E-state index is 9.22. The Hall–Kier alpha value is -8.02. The van der Waals surface area contributed by atoms with E-state index in [2.05, 4.69) is 245 Å². The Bertz CT molecular complexity index is 4370. The van der Waals surface area contributed by atoms with Crippen LogP contribution in [0.4, 0.5) is 0 Å². The van der Waals surface area contributed by atoms with Crippen LogP contribution in [0.15, 0.2) is 188 Å². The maximum atomic E-state index is 9.22. The average Bonchev–Trinajstić information content (AvgIpc) is 2.75. The lowest BCUT2D eigenvalue weighted by Crippen LogP contribution is -2.35. The molecule has 398 valence electrons. The summed E-state index contributed by atoms with van der Waals surface area (Å²) in [5.74, 6) is 2.17. The first-order valence-electron chi connectivity index (χ1n) is 30.2. The lowest BCUT2D eigenvalue weighted by Gasteiger charge is -2.28. The SMILES string of the molecule is [2H]c1c([2H])c([2H])c(-c2cc(-c3cccc(C(C)(C)C)c3)c(-[n+]3[c-]n(-c4cccc(Oc5ccc6c7ccccc7n(-c7cc(C(C)(C)C)ccn7)c6c5)c4)c4cc(-c5cc(C(C)(C)C)cc(C(C)(C)C)c5)ccc43)c(C(C)(C)C)c2)c([2H])c1[2H]. The fourth-order valence-corrected chi connectivity index (χ4v) is 10.8. The normalized spacial score (nSPS) is 13.6. The number of benzene rings is 8. The first-order valence-corrected chi connectivity index (χ1v) is 27.7. The number of hydrogen-bond acceptors (Lipinski definition) is 2. The van der Waals surface area contributed by atoms with Crippen LogP contribution in [-0.4, -0.2) is 14.1 Å². The summed E-state index contributed by atoms with van der Waals surface area (Å²) >= 11 is 0. The molecule has 0 aliphatic carbocycles. The Labute approximate surface area is 476 Å². The van der Waals surface area contributed by atoms with Gasteiger partial charge in [-0.3, -0.25) is 13.7 Å². The van der Waals surface area contributed by atoms with Crippen molar-refractivity contribution < 1.29 is 16.2 Å². The Kier molecular flexibility index (Phi) is 11.6. The number of para-hydroxylation sites is 1. The second kappa shape index (κ2) is 19.4. The number of nitrogens with zero attached hydrogens (tertiary/aromatic N) is 4. The summed E-state index contributed by atoms with van der Waals surface area (Å²) in [5.41, 5.74) is 14.9. The van der Waals surface area contributed by atoms with Gasteiger partial charge in [0, 0.05) is 23.0 Å². The number of rotatable bonds is 8. The van der Waals surface area contributed by atoms with Gasteiger partial charge in [0.15, 0.2) is 0 Å². The highest BCUT2D eigenvalue weighted by Gasteiger charge is 2.29. The third-order valence-electron chi connectivity index (χ3n) is 15.4. The van der Waals surface area contributed by atoms with Crippen LogP contribution in [0, 0.1) is 6.33 Å². The summed E-state index contributed by atoms with van der Waals surface area (Å²) in [6, 6.07) is 51.9. The molecule has 0 N–H and O–H groups in total. The highest BCUT2D eigenvalue weighted by molar-refractivity contribution is 6.09. The predicted molar refractivity (Wildman–Crippen MR) is 332 cm³/mol. The minimum atomic E-state index is -0.535. The number of hydrogen-bond donors (Lipinski definition) is 0. The molecule has 0 saturated carbocycles. The molecule has 0 spiro atoms. The molecule has 0 atom stereocenters. The number of ether oxygens (including phenoxy) is 1. The van der Waals surface area contributed by atoms with Crippen LogP contribution in [0.3, 0.4) is 0 Å². The molecule has 0 aliphatic heterocycles. The highest BCUT2D eigenvalue weighted by atomic mass is 16.5. The van der Waals surface area contributed by atoms with Gasteiger partial charge in [0.05, 0.1) is 40.3 Å². The van der Waals surface area contributed by atoms with E-state index in [0.717, 1.165) is 83.4 Å². The molecule has 0 saturated heterocycles. The molecule has 0 amide bonds. The van der Waals surface area contributed by atoms with E-state index in [9.17, 15) is 2.74 Å². The van der Waals surface area contributed by atoms with Gasteiger partial charge in [0.1, 0.15) is 17.3 Å². The van der Waals surface area contributed by atoms with E-state index in [0.29, 0.717) is 17.1 Å². The molecule has 11 rings (SSSR count). The molecule has 5 heteroatoms. The number of pyridine rings is 1. The number of imidazole rings is 1. The van der Waals surface area contributed by atoms with Crippen LogP contribution in [-0.2, 0) is 27.1 Å². The van der Waals surface area contributed by atoms with Gasteiger partial charge in [-0.1, -0.05) is 219 Å². The van der Waals surface area contributed by atoms with Gasteiger partial charge >= 0.3 is 0 Å². The summed E-state index contributed by atoms with van der Waals surface area (Å²) in [6.07, 6.45) is 5.83. The molecule has 8 aromatic carbocycles. The molecule has 5 nitrogen and oxygen atoms in total. The zero-order valence-corrected chi connectivity index (χ0v) is 48.7. The predicted octanol–water partition coefficient (Wildman–Crippen LogP) is 19.5. The molecule has 0 unspecified atom stereocenters. The van der Waals surface area contributed by atoms with Gasteiger partial charge in [-0.15, -0.1) is 0 Å². The fraction of sp³-hybridized carbons (Fsp3) is 0.270. The minimum Gasteiger partial charge on any atom is -0.458 e. The lowest BCUT2D eigenvalue weighted by molar-refractivity contribution is -0.572. The fourth-order valence-electron chi connectivity index (χ4n) is 10.8.